The number of thioether (sulfide) groups is 1. The number of nitrogens with zero attached hydrogens (tertiary/aromatic N) is 1. The van der Waals surface area contributed by atoms with Gasteiger partial charge >= 0.3 is 0 Å². The van der Waals surface area contributed by atoms with Crippen molar-refractivity contribution in [2.45, 2.75) is 15.2 Å². The molecule has 0 radical (unpaired) electrons. The molecule has 3 aromatic carbocycles. The van der Waals surface area contributed by atoms with Gasteiger partial charge in [-0.2, -0.15) is 0 Å². The summed E-state index contributed by atoms with van der Waals surface area (Å²) in [7, 11) is -3.79. The van der Waals surface area contributed by atoms with Crippen LogP contribution in [0.15, 0.2) is 101 Å². The van der Waals surface area contributed by atoms with E-state index in [2.05, 4.69) is 10.3 Å². The average Bonchev–Trinajstić information content (AvgIpc) is 2.77. The van der Waals surface area contributed by atoms with Crippen LogP contribution in [0, 0.1) is 0 Å². The van der Waals surface area contributed by atoms with Gasteiger partial charge < -0.3 is 5.32 Å². The Morgan fingerprint density at radius 1 is 0.871 bits per heavy atom. The first kappa shape index (κ1) is 21.0. The van der Waals surface area contributed by atoms with Gasteiger partial charge in [-0.25, -0.2) is 18.5 Å². The number of pyridine rings is 1. The second-order valence-corrected chi connectivity index (χ2v) is 9.50. The Hall–Kier alpha value is -3.20. The SMILES string of the molecule is NS(=O)(=O)c1ccc(NC(=O)[C@@H](Sc2ccc3ccccc3n2)c2ccccc2)cc1. The third-order valence-corrected chi connectivity index (χ3v) is 6.72. The third kappa shape index (κ3) is 5.11. The molecule has 6 nitrogen and oxygen atoms in total. The van der Waals surface area contributed by atoms with Crippen LogP contribution in [0.4, 0.5) is 5.69 Å². The predicted molar refractivity (Wildman–Crippen MR) is 123 cm³/mol. The van der Waals surface area contributed by atoms with E-state index in [1.165, 1.54) is 36.0 Å². The molecule has 8 heteroatoms. The molecule has 1 amide bonds. The molecule has 0 bridgehead atoms. The number of carbonyl (C=O) groups is 1. The molecular formula is C23H19N3O3S2. The number of nitrogens with two attached hydrogens (primary N) is 1. The molecule has 0 spiro atoms. The summed E-state index contributed by atoms with van der Waals surface area (Å²) in [5.74, 6) is -0.241. The number of anilines is 1. The third-order valence-electron chi connectivity index (χ3n) is 4.60. The van der Waals surface area contributed by atoms with E-state index in [-0.39, 0.29) is 10.8 Å². The van der Waals surface area contributed by atoms with Crippen LogP contribution < -0.4 is 10.5 Å². The number of hydrogen-bond acceptors (Lipinski definition) is 5. The van der Waals surface area contributed by atoms with Gasteiger partial charge in [-0.1, -0.05) is 66.4 Å². The highest BCUT2D eigenvalue weighted by Crippen LogP contribution is 2.36. The van der Waals surface area contributed by atoms with Gasteiger partial charge in [0.05, 0.1) is 15.4 Å². The van der Waals surface area contributed by atoms with Gasteiger partial charge in [-0.05, 0) is 42.0 Å². The van der Waals surface area contributed by atoms with E-state index in [1.807, 2.05) is 66.7 Å². The van der Waals surface area contributed by atoms with E-state index in [4.69, 9.17) is 5.14 Å². The van der Waals surface area contributed by atoms with Crippen LogP contribution in [0.2, 0.25) is 0 Å². The average molecular weight is 450 g/mol. The quantitative estimate of drug-likeness (QED) is 0.426. The first-order chi connectivity index (χ1) is 14.9. The molecule has 0 aliphatic heterocycles. The van der Waals surface area contributed by atoms with Crippen LogP contribution in [0.25, 0.3) is 10.9 Å². The van der Waals surface area contributed by atoms with E-state index in [1.54, 1.807) is 0 Å². The van der Waals surface area contributed by atoms with Crippen LogP contribution in [0.3, 0.4) is 0 Å². The number of nitrogens with one attached hydrogen (secondary N) is 1. The summed E-state index contributed by atoms with van der Waals surface area (Å²) >= 11 is 1.35. The second-order valence-electron chi connectivity index (χ2n) is 6.81. The van der Waals surface area contributed by atoms with Crippen LogP contribution >= 0.6 is 11.8 Å². The fraction of sp³-hybridized carbons (Fsp3) is 0.0435. The largest absolute Gasteiger partial charge is 0.325 e. The highest BCUT2D eigenvalue weighted by Gasteiger charge is 2.23. The maximum Gasteiger partial charge on any atom is 0.242 e. The molecule has 4 aromatic rings. The van der Waals surface area contributed by atoms with Crippen molar-refractivity contribution in [3.8, 4) is 0 Å². The minimum atomic E-state index is -3.79. The fourth-order valence-electron chi connectivity index (χ4n) is 3.07. The summed E-state index contributed by atoms with van der Waals surface area (Å²) in [6, 6.07) is 26.9. The molecule has 1 atom stereocenters. The van der Waals surface area contributed by atoms with E-state index in [9.17, 15) is 13.2 Å². The zero-order chi connectivity index (χ0) is 21.8. The molecule has 0 aliphatic rings. The van der Waals surface area contributed by atoms with Crippen LogP contribution in [-0.4, -0.2) is 19.3 Å². The summed E-state index contributed by atoms with van der Waals surface area (Å²) in [6.07, 6.45) is 0. The van der Waals surface area contributed by atoms with Crippen molar-refractivity contribution in [1.82, 2.24) is 4.98 Å². The fourth-order valence-corrected chi connectivity index (χ4v) is 4.58. The number of aromatic nitrogens is 1. The summed E-state index contributed by atoms with van der Waals surface area (Å²) < 4.78 is 22.9. The number of primary sulfonamides is 1. The van der Waals surface area contributed by atoms with Gasteiger partial charge in [0.25, 0.3) is 0 Å². The minimum Gasteiger partial charge on any atom is -0.325 e. The van der Waals surface area contributed by atoms with Gasteiger partial charge in [-0.3, -0.25) is 4.79 Å². The van der Waals surface area contributed by atoms with E-state index >= 15 is 0 Å². The smallest absolute Gasteiger partial charge is 0.242 e. The number of hydrogen-bond donors (Lipinski definition) is 2. The van der Waals surface area contributed by atoms with Crippen LogP contribution in [-0.2, 0) is 14.8 Å². The molecule has 0 saturated carbocycles. The number of para-hydroxylation sites is 1. The predicted octanol–water partition coefficient (Wildman–Crippen LogP) is 4.35. The summed E-state index contributed by atoms with van der Waals surface area (Å²) in [5.41, 5.74) is 2.17. The maximum atomic E-state index is 13.2. The molecule has 0 saturated heterocycles. The highest BCUT2D eigenvalue weighted by atomic mass is 32.2. The molecule has 1 aromatic heterocycles. The minimum absolute atomic E-state index is 0.0140. The lowest BCUT2D eigenvalue weighted by Crippen LogP contribution is -2.19. The van der Waals surface area contributed by atoms with E-state index in [0.29, 0.717) is 5.69 Å². The molecule has 0 aliphatic carbocycles. The van der Waals surface area contributed by atoms with Gasteiger partial charge in [0, 0.05) is 11.1 Å². The zero-order valence-electron chi connectivity index (χ0n) is 16.3. The molecule has 3 N–H and O–H groups in total. The van der Waals surface area contributed by atoms with Crippen LogP contribution in [0.1, 0.15) is 10.8 Å². The Morgan fingerprint density at radius 3 is 2.26 bits per heavy atom. The zero-order valence-corrected chi connectivity index (χ0v) is 17.9. The Labute approximate surface area is 184 Å². The first-order valence-electron chi connectivity index (χ1n) is 9.41. The van der Waals surface area contributed by atoms with Crippen molar-refractivity contribution in [1.29, 1.82) is 0 Å². The van der Waals surface area contributed by atoms with Crippen molar-refractivity contribution in [2.75, 3.05) is 5.32 Å². The highest BCUT2D eigenvalue weighted by molar-refractivity contribution is 8.00. The number of sulfonamides is 1. The van der Waals surface area contributed by atoms with E-state index in [0.717, 1.165) is 21.5 Å². The first-order valence-corrected chi connectivity index (χ1v) is 11.8. The van der Waals surface area contributed by atoms with Crippen molar-refractivity contribution < 1.29 is 13.2 Å². The Bertz CT molecular complexity index is 1330. The molecule has 4 rings (SSSR count). The second kappa shape index (κ2) is 8.89. The monoisotopic (exact) mass is 449 g/mol. The van der Waals surface area contributed by atoms with Crippen LogP contribution in [0.5, 0.6) is 0 Å². The number of rotatable bonds is 6. The van der Waals surface area contributed by atoms with Crippen molar-refractivity contribution in [3.05, 3.63) is 96.6 Å². The topological polar surface area (TPSA) is 102 Å². The standard InChI is InChI=1S/C23H19N3O3S2/c24-31(28,29)19-13-11-18(12-14-19)25-23(27)22(17-7-2-1-3-8-17)30-21-15-10-16-6-4-5-9-20(16)26-21/h1-15,22H,(H,25,27)(H2,24,28,29)/t22-/m0/s1. The summed E-state index contributed by atoms with van der Waals surface area (Å²) in [4.78, 5) is 17.8. The lowest BCUT2D eigenvalue weighted by Gasteiger charge is -2.17. The molecule has 156 valence electrons. The molecular weight excluding hydrogens is 430 g/mol. The Morgan fingerprint density at radius 2 is 1.55 bits per heavy atom. The molecule has 1 heterocycles. The summed E-state index contributed by atoms with van der Waals surface area (Å²) in [5, 5.41) is 9.20. The maximum absolute atomic E-state index is 13.2. The Balaban J connectivity index is 1.60. The van der Waals surface area contributed by atoms with E-state index < -0.39 is 15.3 Å². The number of amides is 1. The molecule has 0 unspecified atom stereocenters. The van der Waals surface area contributed by atoms with Gasteiger partial charge in [-0.15, -0.1) is 0 Å². The van der Waals surface area contributed by atoms with Gasteiger partial charge in [0.2, 0.25) is 15.9 Å². The Kier molecular flexibility index (Phi) is 6.03. The van der Waals surface area contributed by atoms with Crippen molar-refractivity contribution in [3.63, 3.8) is 0 Å². The molecule has 31 heavy (non-hydrogen) atoms. The number of carbonyl (C=O) groups excluding carboxylic acids is 1. The van der Waals surface area contributed by atoms with Gasteiger partial charge in [0.15, 0.2) is 0 Å². The molecule has 0 fully saturated rings. The lowest BCUT2D eigenvalue weighted by atomic mass is 10.1. The number of fused-ring (bicyclic) bond motifs is 1. The normalized spacial score (nSPS) is 12.4. The van der Waals surface area contributed by atoms with Gasteiger partial charge in [0.1, 0.15) is 5.25 Å². The lowest BCUT2D eigenvalue weighted by molar-refractivity contribution is -0.115. The summed E-state index contributed by atoms with van der Waals surface area (Å²) in [6.45, 7) is 0. The van der Waals surface area contributed by atoms with Crippen molar-refractivity contribution >= 4 is 44.3 Å². The number of benzene rings is 3. The van der Waals surface area contributed by atoms with Crippen molar-refractivity contribution in [2.24, 2.45) is 5.14 Å².